The second-order valence-electron chi connectivity index (χ2n) is 24.5. The number of phosphoric acid groups is 2. The number of carbonyl (C=O) groups excluding carboxylic acids is 4. The van der Waals surface area contributed by atoms with Crippen LogP contribution in [0.25, 0.3) is 0 Å². The van der Waals surface area contributed by atoms with Crippen LogP contribution in [-0.2, 0) is 65.4 Å². The summed E-state index contributed by atoms with van der Waals surface area (Å²) < 4.78 is 68.2. The lowest BCUT2D eigenvalue weighted by atomic mass is 10.1. The molecule has 0 aliphatic heterocycles. The van der Waals surface area contributed by atoms with Gasteiger partial charge in [-0.15, -0.1) is 0 Å². The van der Waals surface area contributed by atoms with Crippen molar-refractivity contribution >= 4 is 39.5 Å². The molecule has 0 saturated heterocycles. The number of allylic oxidation sites excluding steroid dienone is 26. The van der Waals surface area contributed by atoms with Crippen LogP contribution in [0, 0.1) is 0 Å². The summed E-state index contributed by atoms with van der Waals surface area (Å²) >= 11 is 0. The fourth-order valence-corrected chi connectivity index (χ4v) is 10.8. The van der Waals surface area contributed by atoms with Gasteiger partial charge in [-0.05, 0) is 148 Å². The first-order valence-corrected chi connectivity index (χ1v) is 40.7. The van der Waals surface area contributed by atoms with Crippen LogP contribution in [0.15, 0.2) is 158 Å². The molecule has 0 amide bonds. The number of aliphatic hydroxyl groups excluding tert-OH is 1. The maximum Gasteiger partial charge on any atom is 0.472 e. The third-order valence-electron chi connectivity index (χ3n) is 15.0. The molecular weight excluding hydrogens is 1310 g/mol. The summed E-state index contributed by atoms with van der Waals surface area (Å²) in [6.07, 6.45) is 82.7. The van der Waals surface area contributed by atoms with E-state index in [1.165, 1.54) is 38.5 Å². The zero-order valence-corrected chi connectivity index (χ0v) is 63.6. The highest BCUT2D eigenvalue weighted by molar-refractivity contribution is 7.47. The molecule has 19 heteroatoms. The van der Waals surface area contributed by atoms with E-state index in [2.05, 4.69) is 155 Å². The van der Waals surface area contributed by atoms with Gasteiger partial charge in [0.25, 0.3) is 0 Å². The predicted octanol–water partition coefficient (Wildman–Crippen LogP) is 21.7. The second kappa shape index (κ2) is 72.0. The number of hydrogen-bond donors (Lipinski definition) is 3. The second-order valence-corrected chi connectivity index (χ2v) is 27.4. The van der Waals surface area contributed by atoms with E-state index in [4.69, 9.17) is 37.0 Å². The molecule has 3 N–H and O–H groups in total. The van der Waals surface area contributed by atoms with Gasteiger partial charge in [0, 0.05) is 25.7 Å². The summed E-state index contributed by atoms with van der Waals surface area (Å²) in [5.41, 5.74) is 0. The van der Waals surface area contributed by atoms with Crippen molar-refractivity contribution in [2.45, 2.75) is 290 Å². The molecule has 0 radical (unpaired) electrons. The summed E-state index contributed by atoms with van der Waals surface area (Å²) in [4.78, 5) is 72.7. The fraction of sp³-hybridized carbons (Fsp3) is 0.630. The van der Waals surface area contributed by atoms with Crippen molar-refractivity contribution in [3.05, 3.63) is 158 Å². The smallest absolute Gasteiger partial charge is 0.462 e. The van der Waals surface area contributed by atoms with Gasteiger partial charge in [-0.3, -0.25) is 37.3 Å². The van der Waals surface area contributed by atoms with Crippen LogP contribution in [0.2, 0.25) is 0 Å². The molecule has 568 valence electrons. The minimum absolute atomic E-state index is 0.00509. The van der Waals surface area contributed by atoms with Gasteiger partial charge in [0.1, 0.15) is 19.3 Å². The number of phosphoric ester groups is 2. The lowest BCUT2D eigenvalue weighted by Crippen LogP contribution is -2.30. The summed E-state index contributed by atoms with van der Waals surface area (Å²) in [7, 11) is -10.00. The molecule has 0 aliphatic carbocycles. The van der Waals surface area contributed by atoms with E-state index < -0.39 is 97.5 Å². The van der Waals surface area contributed by atoms with Crippen LogP contribution < -0.4 is 0 Å². The van der Waals surface area contributed by atoms with Crippen LogP contribution in [0.5, 0.6) is 0 Å². The number of aliphatic hydroxyl groups is 1. The average Bonchev–Trinajstić information content (AvgIpc) is 0.930. The topological polar surface area (TPSA) is 237 Å². The van der Waals surface area contributed by atoms with Gasteiger partial charge in [-0.2, -0.15) is 0 Å². The number of hydrogen-bond acceptors (Lipinski definition) is 15. The van der Waals surface area contributed by atoms with Crippen molar-refractivity contribution < 1.29 is 80.2 Å². The Morgan fingerprint density at radius 1 is 0.290 bits per heavy atom. The molecule has 0 spiro atoms. The van der Waals surface area contributed by atoms with Crippen LogP contribution in [0.4, 0.5) is 0 Å². The molecule has 5 unspecified atom stereocenters. The molecule has 0 bridgehead atoms. The van der Waals surface area contributed by atoms with E-state index in [0.29, 0.717) is 38.5 Å². The first kappa shape index (κ1) is 94.7. The summed E-state index contributed by atoms with van der Waals surface area (Å²) in [5, 5.41) is 10.6. The third kappa shape index (κ3) is 71.1. The molecule has 0 saturated carbocycles. The van der Waals surface area contributed by atoms with E-state index >= 15 is 0 Å². The van der Waals surface area contributed by atoms with Crippen molar-refractivity contribution in [2.24, 2.45) is 0 Å². The Hall–Kier alpha value is -5.32. The maximum atomic E-state index is 13.1. The van der Waals surface area contributed by atoms with E-state index in [1.807, 2.05) is 30.4 Å². The number of carbonyl (C=O) groups is 4. The van der Waals surface area contributed by atoms with Crippen LogP contribution in [0.3, 0.4) is 0 Å². The zero-order chi connectivity index (χ0) is 73.2. The minimum atomic E-state index is -5.01. The van der Waals surface area contributed by atoms with E-state index in [-0.39, 0.29) is 25.7 Å². The van der Waals surface area contributed by atoms with Crippen molar-refractivity contribution in [1.29, 1.82) is 0 Å². The van der Waals surface area contributed by atoms with Gasteiger partial charge in [-0.25, -0.2) is 9.13 Å². The Kier molecular flexibility index (Phi) is 68.2. The molecule has 100 heavy (non-hydrogen) atoms. The molecule has 5 atom stereocenters. The van der Waals surface area contributed by atoms with Gasteiger partial charge < -0.3 is 33.8 Å². The normalized spacial score (nSPS) is 14.8. The third-order valence-corrected chi connectivity index (χ3v) is 16.9. The molecule has 17 nitrogen and oxygen atoms in total. The highest BCUT2D eigenvalue weighted by atomic mass is 31.2. The summed E-state index contributed by atoms with van der Waals surface area (Å²) in [6, 6.07) is 0. The Labute approximate surface area is 604 Å². The lowest BCUT2D eigenvalue weighted by molar-refractivity contribution is -0.161. The fourth-order valence-electron chi connectivity index (χ4n) is 9.26. The quantitative estimate of drug-likeness (QED) is 0.0169. The number of ether oxygens (including phenoxy) is 4. The van der Waals surface area contributed by atoms with Gasteiger partial charge in [0.15, 0.2) is 12.2 Å². The molecule has 0 aromatic carbocycles. The first-order valence-electron chi connectivity index (χ1n) is 37.7. The molecular formula is C81H132O17P2. The largest absolute Gasteiger partial charge is 0.472 e. The van der Waals surface area contributed by atoms with Crippen molar-refractivity contribution in [3.8, 4) is 0 Å². The Bertz CT molecular complexity index is 2520. The van der Waals surface area contributed by atoms with Crippen LogP contribution in [-0.4, -0.2) is 96.7 Å². The molecule has 0 aliphatic rings. The standard InChI is InChI=1S/C81H132O17P2/c1-5-9-13-17-21-25-29-32-34-36-37-39-40-43-47-50-54-58-62-66-79(84)92-72-77(98-81(86)68-64-60-56-52-48-44-41-38-35-33-30-26-22-18-14-10-6-2)74-96-100(89,90)94-70-75(82)69-93-99(87,88)95-73-76(97-80(85)67-63-59-55-51-45-28-24-20-16-12-8-4)71-91-78(83)65-61-57-53-49-46-42-31-27-23-19-15-11-7-3/h9-10,13-14,20-22,24-27,31-35,37,39,41,43-44,47,52,54,56,58,75-77,82H,5-8,11-12,15-19,23,28-30,36,38,40,42,45-46,48-51,53,55,57,59-74H2,1-4H3,(H,87,88)(H,89,90)/b13-9-,14-10-,24-20-,25-21-,26-22-,31-27-,34-32-,35-33-,39-37-,44-41-,47-43-,56-52-,58-54-. The average molecular weight is 1440 g/mol. The van der Waals surface area contributed by atoms with Crippen molar-refractivity contribution in [1.82, 2.24) is 0 Å². The summed E-state index contributed by atoms with van der Waals surface area (Å²) in [5.74, 6) is -2.37. The zero-order valence-electron chi connectivity index (χ0n) is 61.8. The lowest BCUT2D eigenvalue weighted by Gasteiger charge is -2.21. The highest BCUT2D eigenvalue weighted by Gasteiger charge is 2.30. The van der Waals surface area contributed by atoms with E-state index in [1.54, 1.807) is 0 Å². The SMILES string of the molecule is CC/C=C\C/C=C\C/C=C\C/C=C\C/C=C\C/C=C\CCC(=O)OCC(COP(=O)(O)OCC(O)COP(=O)(O)OCC(COC(=O)CCCCCCC/C=C\CCCCCC)OC(=O)CCCCCCC/C=C\CCCC)OC(=O)CCC/C=C\C/C=C\C/C=C\C/C=C\C/C=C\CC. The van der Waals surface area contributed by atoms with Crippen molar-refractivity contribution in [3.63, 3.8) is 0 Å². The van der Waals surface area contributed by atoms with Crippen LogP contribution >= 0.6 is 15.6 Å². The van der Waals surface area contributed by atoms with Gasteiger partial charge >= 0.3 is 39.5 Å². The molecule has 0 fully saturated rings. The Morgan fingerprint density at radius 3 is 0.940 bits per heavy atom. The molecule has 0 heterocycles. The van der Waals surface area contributed by atoms with Gasteiger partial charge in [0.2, 0.25) is 0 Å². The molecule has 0 aromatic heterocycles. The minimum Gasteiger partial charge on any atom is -0.462 e. The van der Waals surface area contributed by atoms with E-state index in [0.717, 1.165) is 141 Å². The van der Waals surface area contributed by atoms with Gasteiger partial charge in [0.05, 0.1) is 26.4 Å². The van der Waals surface area contributed by atoms with E-state index in [9.17, 15) is 43.2 Å². The molecule has 0 aromatic rings. The maximum absolute atomic E-state index is 13.1. The first-order chi connectivity index (χ1) is 48.7. The van der Waals surface area contributed by atoms with Crippen molar-refractivity contribution in [2.75, 3.05) is 39.6 Å². The van der Waals surface area contributed by atoms with Crippen LogP contribution in [0.1, 0.15) is 272 Å². The number of rotatable bonds is 69. The summed E-state index contributed by atoms with van der Waals surface area (Å²) in [6.45, 7) is 4.39. The number of unbranched alkanes of at least 4 members (excludes halogenated alkanes) is 17. The monoisotopic (exact) mass is 1440 g/mol. The number of esters is 4. The Balaban J connectivity index is 5.48. The molecule has 0 rings (SSSR count). The highest BCUT2D eigenvalue weighted by Crippen LogP contribution is 2.45. The Morgan fingerprint density at radius 2 is 0.560 bits per heavy atom. The van der Waals surface area contributed by atoms with Gasteiger partial charge in [-0.1, -0.05) is 256 Å². The predicted molar refractivity (Wildman–Crippen MR) is 408 cm³/mol.